The van der Waals surface area contributed by atoms with Crippen LogP contribution < -0.4 is 0 Å². The summed E-state index contributed by atoms with van der Waals surface area (Å²) >= 11 is 11.7. The van der Waals surface area contributed by atoms with Crippen LogP contribution in [0.2, 0.25) is 10.0 Å². The molecule has 90 valence electrons. The molecule has 1 aromatic rings. The van der Waals surface area contributed by atoms with Crippen LogP contribution in [0.15, 0.2) is 18.2 Å². The first-order valence-corrected chi connectivity index (χ1v) is 5.98. The average molecular weight is 263 g/mol. The van der Waals surface area contributed by atoms with Crippen molar-refractivity contribution in [2.24, 2.45) is 0 Å². The van der Waals surface area contributed by atoms with E-state index in [-0.39, 0.29) is 6.10 Å². The predicted octanol–water partition coefficient (Wildman–Crippen LogP) is 3.32. The number of hydrogen-bond donors (Lipinski definition) is 1. The zero-order valence-electron chi connectivity index (χ0n) is 9.41. The third kappa shape index (κ3) is 4.71. The van der Waals surface area contributed by atoms with Crippen LogP contribution in [0.1, 0.15) is 19.4 Å². The zero-order chi connectivity index (χ0) is 12.1. The Morgan fingerprint density at radius 2 is 1.94 bits per heavy atom. The smallest absolute Gasteiger partial charge is 0.0814 e. The van der Waals surface area contributed by atoms with E-state index in [0.717, 1.165) is 5.56 Å². The highest BCUT2D eigenvalue weighted by molar-refractivity contribution is 6.42. The van der Waals surface area contributed by atoms with Gasteiger partial charge in [-0.3, -0.25) is 0 Å². The SMILES string of the molecule is CC(C)OCC(O)Cc1ccc(Cl)c(Cl)c1. The molecular formula is C12H16Cl2O2. The topological polar surface area (TPSA) is 29.5 Å². The summed E-state index contributed by atoms with van der Waals surface area (Å²) in [4.78, 5) is 0. The van der Waals surface area contributed by atoms with Gasteiger partial charge in [-0.1, -0.05) is 29.3 Å². The molecule has 1 N–H and O–H groups in total. The molecule has 0 aromatic heterocycles. The maximum Gasteiger partial charge on any atom is 0.0814 e. The lowest BCUT2D eigenvalue weighted by Gasteiger charge is -2.13. The first-order chi connectivity index (χ1) is 7.49. The second kappa shape index (κ2) is 6.45. The zero-order valence-corrected chi connectivity index (χ0v) is 10.9. The summed E-state index contributed by atoms with van der Waals surface area (Å²) in [5, 5.41) is 10.7. The Kier molecular flexibility index (Phi) is 5.56. The molecule has 2 nitrogen and oxygen atoms in total. The molecule has 0 saturated heterocycles. The van der Waals surface area contributed by atoms with Gasteiger partial charge in [0.25, 0.3) is 0 Å². The minimum absolute atomic E-state index is 0.128. The van der Waals surface area contributed by atoms with Crippen LogP contribution in [-0.2, 0) is 11.2 Å². The number of aliphatic hydroxyl groups excluding tert-OH is 1. The maximum atomic E-state index is 9.71. The molecule has 1 rings (SSSR count). The molecule has 0 saturated carbocycles. The Bertz CT molecular complexity index is 340. The van der Waals surface area contributed by atoms with Gasteiger partial charge in [0.2, 0.25) is 0 Å². The van der Waals surface area contributed by atoms with Crippen LogP contribution in [0.5, 0.6) is 0 Å². The van der Waals surface area contributed by atoms with Gasteiger partial charge in [0.05, 0.1) is 28.9 Å². The third-order valence-corrected chi connectivity index (χ3v) is 2.82. The first kappa shape index (κ1) is 13.8. The Morgan fingerprint density at radius 1 is 1.25 bits per heavy atom. The van der Waals surface area contributed by atoms with Crippen LogP contribution in [0.3, 0.4) is 0 Å². The molecule has 1 atom stereocenters. The van der Waals surface area contributed by atoms with E-state index in [9.17, 15) is 5.11 Å². The van der Waals surface area contributed by atoms with Crippen molar-refractivity contribution in [2.75, 3.05) is 6.61 Å². The Morgan fingerprint density at radius 3 is 2.50 bits per heavy atom. The average Bonchev–Trinajstić information content (AvgIpc) is 2.21. The normalized spacial score (nSPS) is 13.1. The minimum Gasteiger partial charge on any atom is -0.390 e. The lowest BCUT2D eigenvalue weighted by molar-refractivity contribution is 0.00621. The van der Waals surface area contributed by atoms with Crippen molar-refractivity contribution >= 4 is 23.2 Å². The summed E-state index contributed by atoms with van der Waals surface area (Å²) in [6.45, 7) is 4.20. The van der Waals surface area contributed by atoms with Gasteiger partial charge in [-0.15, -0.1) is 0 Å². The second-order valence-corrected chi connectivity index (χ2v) is 4.80. The monoisotopic (exact) mass is 262 g/mol. The van der Waals surface area contributed by atoms with Crippen molar-refractivity contribution in [3.63, 3.8) is 0 Å². The highest BCUT2D eigenvalue weighted by atomic mass is 35.5. The van der Waals surface area contributed by atoms with Crippen molar-refractivity contribution in [1.82, 2.24) is 0 Å². The van der Waals surface area contributed by atoms with E-state index in [1.54, 1.807) is 12.1 Å². The van der Waals surface area contributed by atoms with E-state index < -0.39 is 6.10 Å². The minimum atomic E-state index is -0.514. The molecule has 1 aromatic carbocycles. The van der Waals surface area contributed by atoms with E-state index in [0.29, 0.717) is 23.1 Å². The molecule has 0 aliphatic rings. The molecule has 0 aliphatic carbocycles. The van der Waals surface area contributed by atoms with Gasteiger partial charge in [-0.05, 0) is 31.5 Å². The van der Waals surface area contributed by atoms with E-state index >= 15 is 0 Å². The Hall–Kier alpha value is -0.280. The fourth-order valence-corrected chi connectivity index (χ4v) is 1.62. The molecule has 0 spiro atoms. The van der Waals surface area contributed by atoms with Gasteiger partial charge in [-0.25, -0.2) is 0 Å². The van der Waals surface area contributed by atoms with Crippen LogP contribution in [-0.4, -0.2) is 23.9 Å². The van der Waals surface area contributed by atoms with Gasteiger partial charge in [-0.2, -0.15) is 0 Å². The number of halogens is 2. The lowest BCUT2D eigenvalue weighted by Crippen LogP contribution is -2.20. The molecule has 0 heterocycles. The summed E-state index contributed by atoms with van der Waals surface area (Å²) in [7, 11) is 0. The third-order valence-electron chi connectivity index (χ3n) is 2.08. The van der Waals surface area contributed by atoms with Crippen molar-refractivity contribution < 1.29 is 9.84 Å². The van der Waals surface area contributed by atoms with Crippen LogP contribution >= 0.6 is 23.2 Å². The van der Waals surface area contributed by atoms with Crippen LogP contribution in [0, 0.1) is 0 Å². The maximum absolute atomic E-state index is 9.71. The Balaban J connectivity index is 2.49. The number of benzene rings is 1. The van der Waals surface area contributed by atoms with Gasteiger partial charge in [0.15, 0.2) is 0 Å². The second-order valence-electron chi connectivity index (χ2n) is 3.99. The van der Waals surface area contributed by atoms with Crippen molar-refractivity contribution in [3.8, 4) is 0 Å². The van der Waals surface area contributed by atoms with E-state index in [1.165, 1.54) is 0 Å². The fourth-order valence-electron chi connectivity index (χ4n) is 1.30. The van der Waals surface area contributed by atoms with E-state index in [4.69, 9.17) is 27.9 Å². The fraction of sp³-hybridized carbons (Fsp3) is 0.500. The largest absolute Gasteiger partial charge is 0.390 e. The van der Waals surface area contributed by atoms with Gasteiger partial charge in [0, 0.05) is 6.42 Å². The van der Waals surface area contributed by atoms with Crippen molar-refractivity contribution in [1.29, 1.82) is 0 Å². The highest BCUT2D eigenvalue weighted by Crippen LogP contribution is 2.23. The molecule has 0 radical (unpaired) electrons. The number of aliphatic hydroxyl groups is 1. The van der Waals surface area contributed by atoms with Gasteiger partial charge >= 0.3 is 0 Å². The molecule has 0 bridgehead atoms. The summed E-state index contributed by atoms with van der Waals surface area (Å²) in [6.07, 6.45) is 0.131. The van der Waals surface area contributed by atoms with Gasteiger partial charge in [0.1, 0.15) is 0 Å². The van der Waals surface area contributed by atoms with Crippen molar-refractivity contribution in [3.05, 3.63) is 33.8 Å². The van der Waals surface area contributed by atoms with E-state index in [2.05, 4.69) is 0 Å². The van der Waals surface area contributed by atoms with Crippen LogP contribution in [0.25, 0.3) is 0 Å². The lowest BCUT2D eigenvalue weighted by atomic mass is 10.1. The predicted molar refractivity (Wildman–Crippen MR) is 67.3 cm³/mol. The summed E-state index contributed by atoms with van der Waals surface area (Å²) in [5.41, 5.74) is 0.953. The van der Waals surface area contributed by atoms with Gasteiger partial charge < -0.3 is 9.84 Å². The summed E-state index contributed by atoms with van der Waals surface area (Å²) < 4.78 is 5.32. The molecule has 1 unspecified atom stereocenters. The quantitative estimate of drug-likeness (QED) is 0.883. The molecule has 0 aliphatic heterocycles. The standard InChI is InChI=1S/C12H16Cl2O2/c1-8(2)16-7-10(15)5-9-3-4-11(13)12(14)6-9/h3-4,6,8,10,15H,5,7H2,1-2H3. The first-order valence-electron chi connectivity index (χ1n) is 5.22. The van der Waals surface area contributed by atoms with Crippen molar-refractivity contribution in [2.45, 2.75) is 32.5 Å². The summed E-state index contributed by atoms with van der Waals surface area (Å²) in [5.74, 6) is 0. The molecule has 0 amide bonds. The summed E-state index contributed by atoms with van der Waals surface area (Å²) in [6, 6.07) is 5.35. The molecule has 16 heavy (non-hydrogen) atoms. The number of hydrogen-bond acceptors (Lipinski definition) is 2. The number of rotatable bonds is 5. The number of ether oxygens (including phenoxy) is 1. The molecule has 0 fully saturated rings. The van der Waals surface area contributed by atoms with Crippen LogP contribution in [0.4, 0.5) is 0 Å². The molecule has 4 heteroatoms. The highest BCUT2D eigenvalue weighted by Gasteiger charge is 2.08. The molecular weight excluding hydrogens is 247 g/mol. The Labute approximate surface area is 106 Å². The van der Waals surface area contributed by atoms with E-state index in [1.807, 2.05) is 19.9 Å².